The molecular weight excluding hydrogens is 185 g/mol. The topological polar surface area (TPSA) is 56.0 Å². The van der Waals surface area contributed by atoms with Crippen LogP contribution in [0.1, 0.15) is 6.42 Å². The summed E-state index contributed by atoms with van der Waals surface area (Å²) in [6.45, 7) is -0.207. The molecule has 0 bridgehead atoms. The molecule has 0 saturated carbocycles. The summed E-state index contributed by atoms with van der Waals surface area (Å²) in [6, 6.07) is 1.17. The molecule has 1 unspecified atom stereocenters. The fourth-order valence-electron chi connectivity index (χ4n) is 0.685. The van der Waals surface area contributed by atoms with E-state index in [1.54, 1.807) is 0 Å². The van der Waals surface area contributed by atoms with E-state index in [1.165, 1.54) is 6.07 Å². The van der Waals surface area contributed by atoms with Crippen molar-refractivity contribution < 1.29 is 18.3 Å². The Hall–Kier alpha value is -0.800. The molecule has 0 rings (SSSR count). The second-order valence-electron chi connectivity index (χ2n) is 2.50. The number of aliphatic hydroxyl groups excluding tert-OH is 1. The smallest absolute Gasteiger partial charge is 0.396 e. The predicted octanol–water partition coefficient (Wildman–Crippen LogP) is 0.660. The van der Waals surface area contributed by atoms with Crippen LogP contribution >= 0.6 is 0 Å². The highest BCUT2D eigenvalue weighted by molar-refractivity contribution is 4.89. The predicted molar refractivity (Wildman–Crippen MR) is 39.7 cm³/mol. The van der Waals surface area contributed by atoms with Gasteiger partial charge in [0.15, 0.2) is 5.92 Å². The molecule has 6 heteroatoms. The van der Waals surface area contributed by atoms with E-state index in [0.29, 0.717) is 6.42 Å². The van der Waals surface area contributed by atoms with Gasteiger partial charge in [-0.15, -0.1) is 0 Å². The number of nitrogens with zero attached hydrogens (tertiary/aromatic N) is 1. The second-order valence-corrected chi connectivity index (χ2v) is 2.50. The summed E-state index contributed by atoms with van der Waals surface area (Å²) in [7, 11) is 0. The fourth-order valence-corrected chi connectivity index (χ4v) is 0.685. The van der Waals surface area contributed by atoms with Crippen molar-refractivity contribution in [3.05, 3.63) is 0 Å². The Morgan fingerprint density at radius 2 is 2.08 bits per heavy atom. The zero-order chi connectivity index (χ0) is 10.3. The van der Waals surface area contributed by atoms with Crippen LogP contribution in [0.5, 0.6) is 0 Å². The van der Waals surface area contributed by atoms with Crippen molar-refractivity contribution in [1.82, 2.24) is 5.32 Å². The monoisotopic (exact) mass is 196 g/mol. The zero-order valence-electron chi connectivity index (χ0n) is 6.93. The molecule has 3 nitrogen and oxygen atoms in total. The molecule has 0 aromatic carbocycles. The SMILES string of the molecule is N#CC(CNCCCO)C(F)(F)F. The van der Waals surface area contributed by atoms with Crippen LogP contribution in [-0.4, -0.2) is 31.0 Å². The summed E-state index contributed by atoms with van der Waals surface area (Å²) in [5.41, 5.74) is 0. The van der Waals surface area contributed by atoms with Gasteiger partial charge in [0.2, 0.25) is 0 Å². The van der Waals surface area contributed by atoms with E-state index in [9.17, 15) is 13.2 Å². The van der Waals surface area contributed by atoms with Gasteiger partial charge in [-0.2, -0.15) is 18.4 Å². The molecule has 0 spiro atoms. The van der Waals surface area contributed by atoms with Gasteiger partial charge in [-0.25, -0.2) is 0 Å². The van der Waals surface area contributed by atoms with Crippen molar-refractivity contribution >= 4 is 0 Å². The number of nitrogens with one attached hydrogen (secondary N) is 1. The minimum Gasteiger partial charge on any atom is -0.396 e. The Labute approximate surface area is 74.2 Å². The molecule has 13 heavy (non-hydrogen) atoms. The lowest BCUT2D eigenvalue weighted by Crippen LogP contribution is -2.33. The highest BCUT2D eigenvalue weighted by atomic mass is 19.4. The molecular formula is C7H11F3N2O. The van der Waals surface area contributed by atoms with Gasteiger partial charge in [0, 0.05) is 13.2 Å². The van der Waals surface area contributed by atoms with Crippen LogP contribution in [0, 0.1) is 17.2 Å². The number of rotatable bonds is 5. The number of aliphatic hydroxyl groups is 1. The third-order valence-electron chi connectivity index (χ3n) is 1.41. The lowest BCUT2D eigenvalue weighted by Gasteiger charge is -2.13. The quantitative estimate of drug-likeness (QED) is 0.635. The van der Waals surface area contributed by atoms with Crippen molar-refractivity contribution in [3.63, 3.8) is 0 Å². The lowest BCUT2D eigenvalue weighted by molar-refractivity contribution is -0.157. The van der Waals surface area contributed by atoms with Crippen molar-refractivity contribution in [1.29, 1.82) is 5.26 Å². The average molecular weight is 196 g/mol. The molecule has 0 aliphatic carbocycles. The lowest BCUT2D eigenvalue weighted by atomic mass is 10.1. The van der Waals surface area contributed by atoms with Crippen LogP contribution in [0.4, 0.5) is 13.2 Å². The molecule has 0 saturated heterocycles. The summed E-state index contributed by atoms with van der Waals surface area (Å²) >= 11 is 0. The van der Waals surface area contributed by atoms with Crippen LogP contribution in [-0.2, 0) is 0 Å². The van der Waals surface area contributed by atoms with Gasteiger partial charge in [0.25, 0.3) is 0 Å². The van der Waals surface area contributed by atoms with Crippen molar-refractivity contribution in [3.8, 4) is 6.07 Å². The number of alkyl halides is 3. The van der Waals surface area contributed by atoms with Crippen molar-refractivity contribution in [2.24, 2.45) is 5.92 Å². The van der Waals surface area contributed by atoms with E-state index < -0.39 is 18.6 Å². The molecule has 0 aromatic heterocycles. The molecule has 0 amide bonds. The number of nitriles is 1. The molecule has 0 fully saturated rings. The summed E-state index contributed by atoms with van der Waals surface area (Å²) in [5.74, 6) is -1.97. The average Bonchev–Trinajstić information content (AvgIpc) is 2.02. The van der Waals surface area contributed by atoms with E-state index in [-0.39, 0.29) is 13.2 Å². The summed E-state index contributed by atoms with van der Waals surface area (Å²) in [4.78, 5) is 0. The van der Waals surface area contributed by atoms with Crippen molar-refractivity contribution in [2.45, 2.75) is 12.6 Å². The van der Waals surface area contributed by atoms with Crippen LogP contribution in [0.25, 0.3) is 0 Å². The van der Waals surface area contributed by atoms with Gasteiger partial charge in [-0.1, -0.05) is 0 Å². The highest BCUT2D eigenvalue weighted by Crippen LogP contribution is 2.24. The molecule has 1 atom stereocenters. The van der Waals surface area contributed by atoms with Crippen LogP contribution < -0.4 is 5.32 Å². The molecule has 0 radical (unpaired) electrons. The molecule has 0 aromatic rings. The zero-order valence-corrected chi connectivity index (χ0v) is 6.93. The minimum atomic E-state index is -4.47. The van der Waals surface area contributed by atoms with E-state index >= 15 is 0 Å². The first-order valence-electron chi connectivity index (χ1n) is 3.80. The van der Waals surface area contributed by atoms with Crippen LogP contribution in [0.15, 0.2) is 0 Å². The molecule has 0 heterocycles. The maximum absolute atomic E-state index is 11.9. The molecule has 0 aliphatic rings. The van der Waals surface area contributed by atoms with Gasteiger partial charge in [0.05, 0.1) is 6.07 Å². The minimum absolute atomic E-state index is 0.0732. The highest BCUT2D eigenvalue weighted by Gasteiger charge is 2.39. The number of halogens is 3. The van der Waals surface area contributed by atoms with E-state index in [0.717, 1.165) is 0 Å². The molecule has 2 N–H and O–H groups in total. The van der Waals surface area contributed by atoms with Crippen molar-refractivity contribution in [2.75, 3.05) is 19.7 Å². The summed E-state index contributed by atoms with van der Waals surface area (Å²) < 4.78 is 35.8. The third-order valence-corrected chi connectivity index (χ3v) is 1.41. The van der Waals surface area contributed by atoms with E-state index in [1.807, 2.05) is 0 Å². The first kappa shape index (κ1) is 12.2. The normalized spacial score (nSPS) is 13.8. The first-order chi connectivity index (χ1) is 6.02. The fraction of sp³-hybridized carbons (Fsp3) is 0.857. The Kier molecular flexibility index (Phi) is 5.42. The number of hydrogen-bond donors (Lipinski definition) is 2. The molecule has 0 aliphatic heterocycles. The first-order valence-corrected chi connectivity index (χ1v) is 3.80. The second kappa shape index (κ2) is 5.78. The standard InChI is InChI=1S/C7H11F3N2O/c8-7(9,10)6(4-11)5-12-2-1-3-13/h6,12-13H,1-3,5H2. The summed E-state index contributed by atoms with van der Waals surface area (Å²) in [6.07, 6.45) is -4.09. The Morgan fingerprint density at radius 1 is 1.46 bits per heavy atom. The van der Waals surface area contributed by atoms with E-state index in [2.05, 4.69) is 5.32 Å². The van der Waals surface area contributed by atoms with Gasteiger partial charge in [-0.05, 0) is 13.0 Å². The number of hydrogen-bond acceptors (Lipinski definition) is 3. The largest absolute Gasteiger partial charge is 0.405 e. The van der Waals surface area contributed by atoms with Gasteiger partial charge in [0.1, 0.15) is 0 Å². The van der Waals surface area contributed by atoms with Crippen LogP contribution in [0.2, 0.25) is 0 Å². The Bertz CT molecular complexity index is 176. The van der Waals surface area contributed by atoms with Gasteiger partial charge in [-0.3, -0.25) is 0 Å². The third kappa shape index (κ3) is 5.44. The van der Waals surface area contributed by atoms with E-state index in [4.69, 9.17) is 10.4 Å². The summed E-state index contributed by atoms with van der Waals surface area (Å²) in [5, 5.41) is 18.9. The maximum atomic E-state index is 11.9. The van der Waals surface area contributed by atoms with Gasteiger partial charge < -0.3 is 10.4 Å². The van der Waals surface area contributed by atoms with Gasteiger partial charge >= 0.3 is 6.18 Å². The van der Waals surface area contributed by atoms with Crippen LogP contribution in [0.3, 0.4) is 0 Å². The Morgan fingerprint density at radius 3 is 2.46 bits per heavy atom. The maximum Gasteiger partial charge on any atom is 0.405 e. The molecule has 76 valence electrons. The Balaban J connectivity index is 3.69.